The maximum absolute atomic E-state index is 12.3. The number of nitrogens with one attached hydrogen (secondary N) is 4. The van der Waals surface area contributed by atoms with Crippen molar-refractivity contribution in [1.29, 1.82) is 0 Å². The molecule has 0 radical (unpaired) electrons. The van der Waals surface area contributed by atoms with Crippen molar-refractivity contribution in [2.75, 3.05) is 0 Å². The topological polar surface area (TPSA) is 187 Å². The number of aliphatic imine (C=N–C) groups is 5. The summed E-state index contributed by atoms with van der Waals surface area (Å²) in [5, 5.41) is 6.89. The normalized spacial score (nSPS) is 19.8. The van der Waals surface area contributed by atoms with Crippen LogP contribution in [0.3, 0.4) is 0 Å². The van der Waals surface area contributed by atoms with Gasteiger partial charge >= 0.3 is 30.9 Å². The molecule has 8 bridgehead atoms. The molecule has 7 aromatic rings. The summed E-state index contributed by atoms with van der Waals surface area (Å²) in [4.78, 5) is 66.1. The van der Waals surface area contributed by atoms with Gasteiger partial charge in [0.2, 0.25) is 0 Å². The van der Waals surface area contributed by atoms with Crippen LogP contribution in [-0.2, 0) is 25.9 Å². The van der Waals surface area contributed by atoms with E-state index >= 15 is 0 Å². The van der Waals surface area contributed by atoms with Gasteiger partial charge < -0.3 is 45.2 Å². The van der Waals surface area contributed by atoms with Gasteiger partial charge in [-0.2, -0.15) is 0 Å². The minimum atomic E-state index is -0.313. The van der Waals surface area contributed by atoms with Gasteiger partial charge in [-0.3, -0.25) is 0 Å². The van der Waals surface area contributed by atoms with E-state index in [0.717, 1.165) is 44.0 Å². The third-order valence-electron chi connectivity index (χ3n) is 9.22. The molecule has 11 rings (SSSR count). The Kier molecular flexibility index (Phi) is 6.16. The molecule has 4 N–H and O–H groups in total. The van der Waals surface area contributed by atoms with E-state index in [2.05, 4.69) is 26.0 Å². The molecule has 13 nitrogen and oxygen atoms in total. The quantitative estimate of drug-likeness (QED) is 0.124. The third-order valence-corrected chi connectivity index (χ3v) is 10.5. The van der Waals surface area contributed by atoms with Crippen LogP contribution in [0.25, 0.3) is 38.2 Å². The van der Waals surface area contributed by atoms with Gasteiger partial charge in [0.05, 0.1) is 45.0 Å². The van der Waals surface area contributed by atoms with E-state index < -0.39 is 0 Å². The maximum Gasteiger partial charge on any atom is 2.00 e. The van der Waals surface area contributed by atoms with E-state index in [9.17, 15) is 9.59 Å². The smallest absolute Gasteiger partial charge is 0.457 e. The van der Waals surface area contributed by atoms with Crippen molar-refractivity contribution in [3.8, 4) is 0 Å². The van der Waals surface area contributed by atoms with Crippen molar-refractivity contribution in [3.05, 3.63) is 132 Å². The van der Waals surface area contributed by atoms with E-state index in [-0.39, 0.29) is 45.2 Å². The Bertz CT molecular complexity index is 2940. The average Bonchev–Trinajstić information content (AvgIpc) is 3.89. The molecule has 50 heavy (non-hydrogen) atoms. The summed E-state index contributed by atoms with van der Waals surface area (Å²) in [6.45, 7) is 0. The van der Waals surface area contributed by atoms with Crippen molar-refractivity contribution in [2.24, 2.45) is 25.0 Å². The molecule has 7 heterocycles. The molecular formula is C35H20N11O2PZn. The largest absolute Gasteiger partial charge is 2.00 e. The Morgan fingerprint density at radius 2 is 1.14 bits per heavy atom. The molecule has 0 fully saturated rings. The average molecular weight is 723 g/mol. The number of amidine groups is 4. The Hall–Kier alpha value is -5.84. The van der Waals surface area contributed by atoms with Crippen LogP contribution in [-0.4, -0.2) is 54.5 Å². The molecule has 2 unspecified atom stereocenters. The number of H-pyrrole nitrogens is 4. The minimum Gasteiger partial charge on any atom is -0.457 e. The van der Waals surface area contributed by atoms with Crippen LogP contribution >= 0.6 is 8.58 Å². The molecular weight excluding hydrogens is 703 g/mol. The molecule has 15 heteroatoms. The van der Waals surface area contributed by atoms with Crippen molar-refractivity contribution in [1.82, 2.24) is 24.9 Å². The molecule has 0 saturated heterocycles. The van der Waals surface area contributed by atoms with Crippen molar-refractivity contribution in [2.45, 2.75) is 12.2 Å². The summed E-state index contributed by atoms with van der Waals surface area (Å²) in [5.41, 5.74) is 8.12. The van der Waals surface area contributed by atoms with E-state index in [4.69, 9.17) is 35.3 Å². The van der Waals surface area contributed by atoms with Crippen LogP contribution in [0.1, 0.15) is 33.4 Å². The number of fused-ring (bicyclic) bond motifs is 19. The Morgan fingerprint density at radius 3 is 1.80 bits per heavy atom. The molecule has 3 aromatic heterocycles. The zero-order valence-corrected chi connectivity index (χ0v) is 29.8. The molecule has 234 valence electrons. The number of hydrogen-bond acceptors (Lipinski definition) is 7. The van der Waals surface area contributed by atoms with E-state index in [1.807, 2.05) is 66.7 Å². The molecule has 4 aromatic carbocycles. The van der Waals surface area contributed by atoms with Gasteiger partial charge in [0.1, 0.15) is 0 Å². The van der Waals surface area contributed by atoms with Crippen LogP contribution in [0, 0.1) is 0 Å². The molecule has 2 atom stereocenters. The predicted octanol–water partition coefficient (Wildman–Crippen LogP) is 5.21. The zero-order valence-electron chi connectivity index (χ0n) is 25.9. The minimum absolute atomic E-state index is 0. The monoisotopic (exact) mass is 721 g/mol. The molecule has 0 spiro atoms. The van der Waals surface area contributed by atoms with E-state index in [0.29, 0.717) is 69.1 Å². The summed E-state index contributed by atoms with van der Waals surface area (Å²) in [7, 11) is 0.205. The first-order chi connectivity index (χ1) is 24.0. The second kappa shape index (κ2) is 10.6. The van der Waals surface area contributed by atoms with Gasteiger partial charge in [-0.1, -0.05) is 62.9 Å². The van der Waals surface area contributed by atoms with Crippen molar-refractivity contribution >= 4 is 81.9 Å². The number of aromatic nitrogens is 5. The van der Waals surface area contributed by atoms with Gasteiger partial charge in [0.15, 0.2) is 0 Å². The fourth-order valence-corrected chi connectivity index (χ4v) is 8.39. The first-order valence-corrected chi connectivity index (χ1v) is 16.7. The number of nitrogens with zero attached hydrogens (tertiary/aromatic N) is 7. The fourth-order valence-electron chi connectivity index (χ4n) is 7.02. The maximum atomic E-state index is 12.3. The van der Waals surface area contributed by atoms with E-state index in [1.54, 1.807) is 0 Å². The van der Waals surface area contributed by atoms with Crippen LogP contribution in [0.2, 0.25) is 0 Å². The van der Waals surface area contributed by atoms with Crippen LogP contribution in [0.5, 0.6) is 0 Å². The number of rotatable bonds is 0. The Morgan fingerprint density at radius 1 is 0.600 bits per heavy atom. The Balaban J connectivity index is 0.00000316. The summed E-state index contributed by atoms with van der Waals surface area (Å²) in [6.07, 6.45) is 0.628. The molecule has 0 aliphatic carbocycles. The number of benzene rings is 4. The first kappa shape index (κ1) is 29.1. The molecule has 4 aliphatic rings. The number of hydrogen-bond donors (Lipinski definition) is 4. The molecule has 0 saturated carbocycles. The predicted molar refractivity (Wildman–Crippen MR) is 193 cm³/mol. The van der Waals surface area contributed by atoms with Crippen molar-refractivity contribution < 1.29 is 19.5 Å². The summed E-state index contributed by atoms with van der Waals surface area (Å²) < 4.78 is 0. The van der Waals surface area contributed by atoms with Crippen LogP contribution in [0.4, 0.5) is 11.6 Å². The second-order valence-electron chi connectivity index (χ2n) is 12.2. The fraction of sp³-hybridized carbons (Fsp3) is 0.0571. The zero-order chi connectivity index (χ0) is 32.4. The summed E-state index contributed by atoms with van der Waals surface area (Å²) >= 11 is 0. The van der Waals surface area contributed by atoms with Crippen molar-refractivity contribution in [3.63, 3.8) is 0 Å². The molecule has 0 amide bonds. The number of aromatic amines is 4. The van der Waals surface area contributed by atoms with Crippen LogP contribution < -0.4 is 16.4 Å². The second-order valence-corrected chi connectivity index (χ2v) is 13.6. The van der Waals surface area contributed by atoms with E-state index in [1.165, 1.54) is 0 Å². The third kappa shape index (κ3) is 4.35. The van der Waals surface area contributed by atoms with Gasteiger partial charge in [-0.05, 0) is 58.4 Å². The Labute approximate surface area is 294 Å². The van der Waals surface area contributed by atoms with Gasteiger partial charge in [-0.15, -0.1) is 0 Å². The van der Waals surface area contributed by atoms with Gasteiger partial charge in [0.25, 0.3) is 0 Å². The molecule has 4 aliphatic heterocycles. The summed E-state index contributed by atoms with van der Waals surface area (Å²) in [5.74, 6) is 2.69. The van der Waals surface area contributed by atoms with Crippen LogP contribution in [0.15, 0.2) is 107 Å². The van der Waals surface area contributed by atoms with Gasteiger partial charge in [-0.25, -0.2) is 19.6 Å². The SMILES string of the molecule is O=c1[nH]c2cc3c(cc2[nH]1)C1=NC2=N/C(=N\c4[n-]c(c5ccccc45)/N=C4\N=C(PC(C3)[N-]1)c1ccccc14)c1cc3[nH]c(=O)[nH]c3cc12.[Zn+2]. The number of imidazole rings is 2. The standard InChI is InChI=1S/C35H22N11O2P.Zn/c47-34-36-22-9-14-10-26-40-30(19(14)11-23(22)37-34)44-32-21-13-25-24(38-35(48)39-25)12-20(21)31(45-32)43-28-16-6-2-1-5-15(16)27(41-28)42-29-17-7-3-4-8-18(17)33(46-29)49-26;/h1-9,11-13,26,49H,10H2,(H6,36,37,38,39,40,41,42,43,44,45,46,47,48);/q;+2/p-2. The first-order valence-electron chi connectivity index (χ1n) is 15.6. The summed E-state index contributed by atoms with van der Waals surface area (Å²) in [6, 6.07) is 23.6. The van der Waals surface area contributed by atoms with Gasteiger partial charge in [0, 0.05) is 33.9 Å².